The molecular weight excluding hydrogens is 266 g/mol. The van der Waals surface area contributed by atoms with Crippen LogP contribution in [0, 0.1) is 0 Å². The van der Waals surface area contributed by atoms with Crippen molar-refractivity contribution in [3.05, 3.63) is 29.8 Å². The number of aliphatic imine (C=N–C) groups is 1. The topological polar surface area (TPSA) is 46.1 Å². The van der Waals surface area contributed by atoms with Gasteiger partial charge in [-0.25, -0.2) is 4.99 Å². The minimum absolute atomic E-state index is 0.0534. The summed E-state index contributed by atoms with van der Waals surface area (Å²) in [6.07, 6.45) is 0.764. The molecule has 0 saturated heterocycles. The van der Waals surface area contributed by atoms with Crippen LogP contribution in [0.4, 0.5) is 0 Å². The van der Waals surface area contributed by atoms with Gasteiger partial charge < -0.3 is 14.9 Å². The van der Waals surface area contributed by atoms with Gasteiger partial charge in [0.1, 0.15) is 5.75 Å². The maximum atomic E-state index is 5.81. The zero-order valence-corrected chi connectivity index (χ0v) is 13.1. The highest BCUT2D eigenvalue weighted by molar-refractivity contribution is 5.77. The lowest BCUT2D eigenvalue weighted by Gasteiger charge is -2.19. The molecule has 0 fully saturated rings. The first-order chi connectivity index (χ1) is 10.3. The van der Waals surface area contributed by atoms with E-state index < -0.39 is 0 Å². The molecule has 0 spiro atoms. The summed E-state index contributed by atoms with van der Waals surface area (Å²) < 4.78 is 5.47. The number of nitrogens with one attached hydrogen (secondary N) is 1. The van der Waals surface area contributed by atoms with E-state index in [1.165, 1.54) is 0 Å². The van der Waals surface area contributed by atoms with Gasteiger partial charge in [-0.3, -0.25) is 0 Å². The van der Waals surface area contributed by atoms with E-state index >= 15 is 0 Å². The van der Waals surface area contributed by atoms with Crippen LogP contribution in [0.1, 0.15) is 38.9 Å². The molecule has 0 amide bonds. The minimum Gasteiger partial charge on any atom is -0.494 e. The normalized spacial score (nSPS) is 18.4. The SMILES string of the molecule is CCNCCC1=N[C@H](c2ccc(OCC)cc2)N(CC)O1. The first-order valence-electron chi connectivity index (χ1n) is 7.73. The molecule has 5 heteroatoms. The largest absolute Gasteiger partial charge is 0.494 e. The Morgan fingerprint density at radius 1 is 1.24 bits per heavy atom. The zero-order valence-electron chi connectivity index (χ0n) is 13.1. The minimum atomic E-state index is -0.0534. The molecule has 2 rings (SSSR count). The van der Waals surface area contributed by atoms with E-state index in [-0.39, 0.29) is 6.17 Å². The van der Waals surface area contributed by atoms with Crippen molar-refractivity contribution in [2.45, 2.75) is 33.4 Å². The summed E-state index contributed by atoms with van der Waals surface area (Å²) in [4.78, 5) is 10.5. The van der Waals surface area contributed by atoms with Crippen molar-refractivity contribution in [1.29, 1.82) is 0 Å². The van der Waals surface area contributed by atoms with E-state index in [1.54, 1.807) is 0 Å². The predicted molar refractivity (Wildman–Crippen MR) is 84.4 cm³/mol. The molecule has 116 valence electrons. The Hall–Kier alpha value is -1.59. The Kier molecular flexibility index (Phi) is 6.02. The molecule has 0 radical (unpaired) electrons. The molecule has 1 heterocycles. The quantitative estimate of drug-likeness (QED) is 0.748. The first-order valence-corrected chi connectivity index (χ1v) is 7.73. The monoisotopic (exact) mass is 291 g/mol. The van der Waals surface area contributed by atoms with Crippen LogP contribution in [0.15, 0.2) is 29.3 Å². The van der Waals surface area contributed by atoms with Crippen LogP contribution in [0.3, 0.4) is 0 Å². The van der Waals surface area contributed by atoms with E-state index in [1.807, 2.05) is 24.1 Å². The average molecular weight is 291 g/mol. The Bertz CT molecular complexity index is 459. The molecule has 1 atom stereocenters. The third-order valence-corrected chi connectivity index (χ3v) is 3.33. The van der Waals surface area contributed by atoms with Crippen molar-refractivity contribution in [3.8, 4) is 5.75 Å². The molecule has 5 nitrogen and oxygen atoms in total. The van der Waals surface area contributed by atoms with E-state index in [0.29, 0.717) is 6.61 Å². The lowest BCUT2D eigenvalue weighted by molar-refractivity contribution is -0.0815. The van der Waals surface area contributed by atoms with Crippen molar-refractivity contribution in [3.63, 3.8) is 0 Å². The fraction of sp³-hybridized carbons (Fsp3) is 0.562. The Morgan fingerprint density at radius 3 is 2.62 bits per heavy atom. The van der Waals surface area contributed by atoms with Crippen molar-refractivity contribution in [2.24, 2.45) is 4.99 Å². The summed E-state index contributed by atoms with van der Waals surface area (Å²) in [5, 5.41) is 5.20. The highest BCUT2D eigenvalue weighted by Gasteiger charge is 2.28. The number of hydroxylamine groups is 2. The molecule has 1 N–H and O–H groups in total. The summed E-state index contributed by atoms with van der Waals surface area (Å²) in [6, 6.07) is 8.08. The number of rotatable bonds is 8. The molecular formula is C16H25N3O2. The lowest BCUT2D eigenvalue weighted by atomic mass is 10.1. The summed E-state index contributed by atoms with van der Waals surface area (Å²) in [5.41, 5.74) is 1.12. The third kappa shape index (κ3) is 4.19. The highest BCUT2D eigenvalue weighted by Crippen LogP contribution is 2.29. The fourth-order valence-electron chi connectivity index (χ4n) is 2.27. The third-order valence-electron chi connectivity index (χ3n) is 3.33. The number of hydrogen-bond donors (Lipinski definition) is 1. The van der Waals surface area contributed by atoms with Gasteiger partial charge in [-0.15, -0.1) is 5.06 Å². The van der Waals surface area contributed by atoms with Crippen LogP contribution in [0.5, 0.6) is 5.75 Å². The second-order valence-electron chi connectivity index (χ2n) is 4.83. The van der Waals surface area contributed by atoms with Crippen LogP contribution in [-0.4, -0.2) is 37.2 Å². The van der Waals surface area contributed by atoms with Gasteiger partial charge in [0.05, 0.1) is 6.61 Å². The maximum Gasteiger partial charge on any atom is 0.213 e. The smallest absolute Gasteiger partial charge is 0.213 e. The molecule has 0 aromatic heterocycles. The van der Waals surface area contributed by atoms with Crippen LogP contribution in [0.25, 0.3) is 0 Å². The molecule has 21 heavy (non-hydrogen) atoms. The number of benzene rings is 1. The van der Waals surface area contributed by atoms with E-state index in [4.69, 9.17) is 14.6 Å². The Labute approximate surface area is 126 Å². The van der Waals surface area contributed by atoms with Gasteiger partial charge in [0, 0.05) is 19.5 Å². The summed E-state index contributed by atoms with van der Waals surface area (Å²) >= 11 is 0. The zero-order chi connectivity index (χ0) is 15.1. The molecule has 0 saturated carbocycles. The molecule has 0 aliphatic carbocycles. The summed E-state index contributed by atoms with van der Waals surface area (Å²) in [6.45, 7) is 9.49. The van der Waals surface area contributed by atoms with Gasteiger partial charge in [0.25, 0.3) is 0 Å². The Balaban J connectivity index is 2.04. The van der Waals surface area contributed by atoms with Crippen molar-refractivity contribution in [2.75, 3.05) is 26.2 Å². The van der Waals surface area contributed by atoms with Crippen molar-refractivity contribution in [1.82, 2.24) is 10.4 Å². The molecule has 1 aliphatic rings. The molecule has 1 aromatic rings. The maximum absolute atomic E-state index is 5.81. The van der Waals surface area contributed by atoms with Crippen molar-refractivity contribution >= 4 is 5.90 Å². The first kappa shape index (κ1) is 15.8. The van der Waals surface area contributed by atoms with Gasteiger partial charge in [0.2, 0.25) is 5.90 Å². The van der Waals surface area contributed by atoms with Crippen LogP contribution < -0.4 is 10.1 Å². The highest BCUT2D eigenvalue weighted by atomic mass is 16.7. The molecule has 1 aliphatic heterocycles. The molecule has 0 unspecified atom stereocenters. The number of ether oxygens (including phenoxy) is 1. The molecule has 1 aromatic carbocycles. The van der Waals surface area contributed by atoms with E-state index in [9.17, 15) is 0 Å². The average Bonchev–Trinajstić information content (AvgIpc) is 2.92. The second-order valence-corrected chi connectivity index (χ2v) is 4.83. The van der Waals surface area contributed by atoms with Gasteiger partial charge in [-0.05, 0) is 38.1 Å². The van der Waals surface area contributed by atoms with Gasteiger partial charge in [0.15, 0.2) is 6.17 Å². The molecule has 0 bridgehead atoms. The van der Waals surface area contributed by atoms with E-state index in [2.05, 4.69) is 31.3 Å². The van der Waals surface area contributed by atoms with Crippen molar-refractivity contribution < 1.29 is 9.57 Å². The van der Waals surface area contributed by atoms with Crippen LogP contribution in [-0.2, 0) is 4.84 Å². The van der Waals surface area contributed by atoms with Gasteiger partial charge >= 0.3 is 0 Å². The summed E-state index contributed by atoms with van der Waals surface area (Å²) in [7, 11) is 0. The second kappa shape index (κ2) is 8.00. The number of nitrogens with zero attached hydrogens (tertiary/aromatic N) is 2. The Morgan fingerprint density at radius 2 is 2.00 bits per heavy atom. The van der Waals surface area contributed by atoms with Gasteiger partial charge in [-0.1, -0.05) is 19.1 Å². The lowest BCUT2D eigenvalue weighted by Crippen LogP contribution is -2.24. The van der Waals surface area contributed by atoms with E-state index in [0.717, 1.165) is 43.3 Å². The van der Waals surface area contributed by atoms with Crippen LogP contribution in [0.2, 0.25) is 0 Å². The van der Waals surface area contributed by atoms with Gasteiger partial charge in [-0.2, -0.15) is 0 Å². The standard InChI is InChI=1S/C16H25N3O2/c1-4-17-12-11-15-18-16(19(5-2)21-15)13-7-9-14(10-8-13)20-6-3/h7-10,16-17H,4-6,11-12H2,1-3H3/t16-/m0/s1. The fourth-order valence-corrected chi connectivity index (χ4v) is 2.27. The van der Waals surface area contributed by atoms with Crippen LogP contribution >= 0.6 is 0 Å². The summed E-state index contributed by atoms with van der Waals surface area (Å²) in [5.74, 6) is 1.69. The predicted octanol–water partition coefficient (Wildman–Crippen LogP) is 2.75. The number of hydrogen-bond acceptors (Lipinski definition) is 5.